The second-order valence-corrected chi connectivity index (χ2v) is 5.65. The summed E-state index contributed by atoms with van der Waals surface area (Å²) in [5.74, 6) is -0.199. The van der Waals surface area contributed by atoms with E-state index in [0.29, 0.717) is 16.8 Å². The Labute approximate surface area is 146 Å². The van der Waals surface area contributed by atoms with E-state index >= 15 is 0 Å². The van der Waals surface area contributed by atoms with Crippen molar-refractivity contribution in [3.63, 3.8) is 0 Å². The van der Waals surface area contributed by atoms with Crippen LogP contribution in [0.15, 0.2) is 60.8 Å². The second kappa shape index (κ2) is 7.45. The molecule has 5 heteroatoms. The summed E-state index contributed by atoms with van der Waals surface area (Å²) >= 11 is 0. The maximum absolute atomic E-state index is 12.7. The number of benzene rings is 2. The Balaban J connectivity index is 1.89. The van der Waals surface area contributed by atoms with Crippen molar-refractivity contribution in [3.8, 4) is 11.8 Å². The number of aromatic nitrogens is 2. The predicted octanol–water partition coefficient (Wildman–Crippen LogP) is 3.95. The SMILES string of the molecule is CCCc1c(C(=O)Nc2ccc(C#N)cc2)cnn1-c1ccccc1. The third-order valence-corrected chi connectivity index (χ3v) is 3.87. The van der Waals surface area contributed by atoms with Crippen molar-refractivity contribution in [1.82, 2.24) is 9.78 Å². The average Bonchev–Trinajstić information content (AvgIpc) is 3.07. The first-order chi connectivity index (χ1) is 12.2. The van der Waals surface area contributed by atoms with Gasteiger partial charge >= 0.3 is 0 Å². The maximum Gasteiger partial charge on any atom is 0.259 e. The van der Waals surface area contributed by atoms with Gasteiger partial charge in [0.05, 0.1) is 34.8 Å². The average molecular weight is 330 g/mol. The predicted molar refractivity (Wildman–Crippen MR) is 96.7 cm³/mol. The van der Waals surface area contributed by atoms with Crippen molar-refractivity contribution >= 4 is 11.6 Å². The molecule has 3 aromatic rings. The highest BCUT2D eigenvalue weighted by atomic mass is 16.1. The lowest BCUT2D eigenvalue weighted by molar-refractivity contribution is 0.102. The molecule has 2 aromatic carbocycles. The van der Waals surface area contributed by atoms with Crippen LogP contribution in [0.4, 0.5) is 5.69 Å². The van der Waals surface area contributed by atoms with Crippen LogP contribution in [0.25, 0.3) is 5.69 Å². The Morgan fingerprint density at radius 3 is 2.52 bits per heavy atom. The van der Waals surface area contributed by atoms with Crippen LogP contribution in [0.1, 0.15) is 35.0 Å². The van der Waals surface area contributed by atoms with Crippen LogP contribution < -0.4 is 5.32 Å². The minimum atomic E-state index is -0.199. The fraction of sp³-hybridized carbons (Fsp3) is 0.150. The summed E-state index contributed by atoms with van der Waals surface area (Å²) < 4.78 is 1.82. The van der Waals surface area contributed by atoms with Gasteiger partial charge in [0.25, 0.3) is 5.91 Å². The molecule has 0 unspecified atom stereocenters. The molecule has 25 heavy (non-hydrogen) atoms. The molecule has 0 atom stereocenters. The van der Waals surface area contributed by atoms with Gasteiger partial charge in [-0.15, -0.1) is 0 Å². The van der Waals surface area contributed by atoms with Crippen molar-refractivity contribution < 1.29 is 4.79 Å². The number of carbonyl (C=O) groups is 1. The molecule has 0 spiro atoms. The van der Waals surface area contributed by atoms with Gasteiger partial charge in [-0.25, -0.2) is 4.68 Å². The van der Waals surface area contributed by atoms with Crippen LogP contribution in [0.5, 0.6) is 0 Å². The molecule has 3 rings (SSSR count). The molecule has 5 nitrogen and oxygen atoms in total. The van der Waals surface area contributed by atoms with Gasteiger partial charge in [0.1, 0.15) is 0 Å². The number of hydrogen-bond acceptors (Lipinski definition) is 3. The van der Waals surface area contributed by atoms with Crippen LogP contribution in [-0.2, 0) is 6.42 Å². The van der Waals surface area contributed by atoms with E-state index in [4.69, 9.17) is 5.26 Å². The summed E-state index contributed by atoms with van der Waals surface area (Å²) in [4.78, 5) is 12.7. The number of para-hydroxylation sites is 1. The van der Waals surface area contributed by atoms with Gasteiger partial charge in [-0.3, -0.25) is 4.79 Å². The molecule has 0 saturated heterocycles. The number of rotatable bonds is 5. The molecule has 0 aliphatic rings. The minimum absolute atomic E-state index is 0.199. The van der Waals surface area contributed by atoms with Crippen molar-refractivity contribution in [2.75, 3.05) is 5.32 Å². The Bertz CT molecular complexity index is 905. The van der Waals surface area contributed by atoms with E-state index in [1.807, 2.05) is 35.0 Å². The standard InChI is InChI=1S/C20H18N4O/c1-2-6-19-18(14-22-24(19)17-7-4-3-5-8-17)20(25)23-16-11-9-15(13-21)10-12-16/h3-5,7-12,14H,2,6H2,1H3,(H,23,25). The van der Waals surface area contributed by atoms with E-state index < -0.39 is 0 Å². The largest absolute Gasteiger partial charge is 0.322 e. The molecule has 124 valence electrons. The molecule has 1 heterocycles. The fourth-order valence-electron chi connectivity index (χ4n) is 2.66. The summed E-state index contributed by atoms with van der Waals surface area (Å²) in [5, 5.41) is 16.1. The summed E-state index contributed by atoms with van der Waals surface area (Å²) in [6, 6.07) is 18.6. The zero-order valence-corrected chi connectivity index (χ0v) is 13.9. The molecule has 0 bridgehead atoms. The minimum Gasteiger partial charge on any atom is -0.322 e. The van der Waals surface area contributed by atoms with Gasteiger partial charge in [-0.2, -0.15) is 10.4 Å². The van der Waals surface area contributed by atoms with Crippen LogP contribution in [0, 0.1) is 11.3 Å². The number of hydrogen-bond donors (Lipinski definition) is 1. The van der Waals surface area contributed by atoms with Gasteiger partial charge in [0, 0.05) is 5.69 Å². The zero-order valence-electron chi connectivity index (χ0n) is 13.9. The maximum atomic E-state index is 12.7. The number of nitrogens with zero attached hydrogens (tertiary/aromatic N) is 3. The molecule has 0 aliphatic carbocycles. The van der Waals surface area contributed by atoms with E-state index in [9.17, 15) is 4.79 Å². The fourth-order valence-corrected chi connectivity index (χ4v) is 2.66. The Hall–Kier alpha value is -3.39. The van der Waals surface area contributed by atoms with Crippen molar-refractivity contribution in [2.45, 2.75) is 19.8 Å². The van der Waals surface area contributed by atoms with Gasteiger partial charge < -0.3 is 5.32 Å². The summed E-state index contributed by atoms with van der Waals surface area (Å²) in [5.41, 5.74) is 3.60. The van der Waals surface area contributed by atoms with Crippen molar-refractivity contribution in [1.29, 1.82) is 5.26 Å². The summed E-state index contributed by atoms with van der Waals surface area (Å²) in [6.07, 6.45) is 3.28. The molecule has 0 fully saturated rings. The number of carbonyl (C=O) groups excluding carboxylic acids is 1. The number of nitrogens with one attached hydrogen (secondary N) is 1. The lowest BCUT2D eigenvalue weighted by Crippen LogP contribution is -2.14. The molecule has 1 amide bonds. The van der Waals surface area contributed by atoms with E-state index in [1.54, 1.807) is 30.5 Å². The lowest BCUT2D eigenvalue weighted by atomic mass is 10.1. The highest BCUT2D eigenvalue weighted by molar-refractivity contribution is 6.05. The van der Waals surface area contributed by atoms with E-state index in [-0.39, 0.29) is 5.91 Å². The topological polar surface area (TPSA) is 70.7 Å². The third kappa shape index (κ3) is 3.59. The highest BCUT2D eigenvalue weighted by Gasteiger charge is 2.18. The molecular formula is C20H18N4O. The first kappa shape index (κ1) is 16.5. The van der Waals surface area contributed by atoms with E-state index in [1.165, 1.54) is 0 Å². The Kier molecular flexibility index (Phi) is 4.91. The van der Waals surface area contributed by atoms with Crippen molar-refractivity contribution in [3.05, 3.63) is 77.6 Å². The summed E-state index contributed by atoms with van der Waals surface area (Å²) in [7, 11) is 0. The number of anilines is 1. The Morgan fingerprint density at radius 1 is 1.16 bits per heavy atom. The van der Waals surface area contributed by atoms with Crippen LogP contribution >= 0.6 is 0 Å². The Morgan fingerprint density at radius 2 is 1.88 bits per heavy atom. The molecule has 0 aliphatic heterocycles. The monoisotopic (exact) mass is 330 g/mol. The lowest BCUT2D eigenvalue weighted by Gasteiger charge is -2.09. The second-order valence-electron chi connectivity index (χ2n) is 5.65. The quantitative estimate of drug-likeness (QED) is 0.770. The molecular weight excluding hydrogens is 312 g/mol. The smallest absolute Gasteiger partial charge is 0.259 e. The zero-order chi connectivity index (χ0) is 17.6. The van der Waals surface area contributed by atoms with Crippen LogP contribution in [0.3, 0.4) is 0 Å². The van der Waals surface area contributed by atoms with Gasteiger partial charge in [-0.1, -0.05) is 31.5 Å². The first-order valence-electron chi connectivity index (χ1n) is 8.16. The summed E-state index contributed by atoms with van der Waals surface area (Å²) in [6.45, 7) is 2.07. The highest BCUT2D eigenvalue weighted by Crippen LogP contribution is 2.18. The van der Waals surface area contributed by atoms with Gasteiger partial charge in [0.2, 0.25) is 0 Å². The normalized spacial score (nSPS) is 10.2. The van der Waals surface area contributed by atoms with Crippen molar-refractivity contribution in [2.24, 2.45) is 0 Å². The molecule has 0 radical (unpaired) electrons. The molecule has 1 aromatic heterocycles. The third-order valence-electron chi connectivity index (χ3n) is 3.87. The van der Waals surface area contributed by atoms with Crippen LogP contribution in [-0.4, -0.2) is 15.7 Å². The van der Waals surface area contributed by atoms with Crippen LogP contribution in [0.2, 0.25) is 0 Å². The van der Waals surface area contributed by atoms with E-state index in [0.717, 1.165) is 24.2 Å². The molecule has 1 N–H and O–H groups in total. The van der Waals surface area contributed by atoms with Gasteiger partial charge in [-0.05, 0) is 42.8 Å². The first-order valence-corrected chi connectivity index (χ1v) is 8.16. The van der Waals surface area contributed by atoms with Gasteiger partial charge in [0.15, 0.2) is 0 Å². The van der Waals surface area contributed by atoms with E-state index in [2.05, 4.69) is 23.4 Å². The number of nitriles is 1. The molecule has 0 saturated carbocycles. The number of amides is 1.